The molecule has 0 fully saturated rings. The van der Waals surface area contributed by atoms with Crippen molar-refractivity contribution in [2.24, 2.45) is 0 Å². The first-order chi connectivity index (χ1) is 8.78. The predicted molar refractivity (Wildman–Crippen MR) is 62.7 cm³/mol. The molecule has 0 amide bonds. The van der Waals surface area contributed by atoms with E-state index in [4.69, 9.17) is 4.74 Å². The van der Waals surface area contributed by atoms with E-state index in [9.17, 15) is 4.39 Å². The Morgan fingerprint density at radius 1 is 1.33 bits per heavy atom. The summed E-state index contributed by atoms with van der Waals surface area (Å²) < 4.78 is 20.0. The number of benzene rings is 1. The lowest BCUT2D eigenvalue weighted by atomic mass is 10.1. The molecule has 0 aliphatic carbocycles. The van der Waals surface area contributed by atoms with Crippen LogP contribution in [-0.4, -0.2) is 26.7 Å². The van der Waals surface area contributed by atoms with Crippen molar-refractivity contribution in [2.75, 3.05) is 7.11 Å². The number of imidazole rings is 1. The fraction of sp³-hybridized carbons (Fsp3) is 0.0833. The summed E-state index contributed by atoms with van der Waals surface area (Å²) >= 11 is 0. The molecule has 2 aromatic heterocycles. The highest BCUT2D eigenvalue weighted by atomic mass is 19.1. The highest BCUT2D eigenvalue weighted by molar-refractivity contribution is 5.68. The summed E-state index contributed by atoms with van der Waals surface area (Å²) in [5, 5.41) is 7.64. The normalized spacial score (nSPS) is 10.8. The molecule has 18 heavy (non-hydrogen) atoms. The van der Waals surface area contributed by atoms with E-state index in [1.54, 1.807) is 29.1 Å². The third-order valence-electron chi connectivity index (χ3n) is 2.59. The van der Waals surface area contributed by atoms with Crippen molar-refractivity contribution < 1.29 is 9.13 Å². The number of hydrogen-bond acceptors (Lipinski definition) is 4. The minimum Gasteiger partial charge on any atom is -0.496 e. The molecule has 3 aromatic rings. The third-order valence-corrected chi connectivity index (χ3v) is 2.59. The first-order valence-electron chi connectivity index (χ1n) is 5.28. The molecule has 0 atom stereocenters. The maximum absolute atomic E-state index is 13.1. The van der Waals surface area contributed by atoms with E-state index in [1.807, 2.05) is 0 Å². The van der Waals surface area contributed by atoms with E-state index in [0.717, 1.165) is 0 Å². The van der Waals surface area contributed by atoms with E-state index in [0.29, 0.717) is 22.8 Å². The zero-order valence-electron chi connectivity index (χ0n) is 9.54. The van der Waals surface area contributed by atoms with Gasteiger partial charge in [-0.2, -0.15) is 5.10 Å². The van der Waals surface area contributed by atoms with Crippen LogP contribution in [0.5, 0.6) is 5.75 Å². The summed E-state index contributed by atoms with van der Waals surface area (Å²) in [7, 11) is 1.49. The summed E-state index contributed by atoms with van der Waals surface area (Å²) in [5.41, 5.74) is 1.37. The second-order valence-electron chi connectivity index (χ2n) is 3.69. The molecular formula is C12H9FN4O. The Kier molecular flexibility index (Phi) is 2.40. The molecule has 0 N–H and O–H groups in total. The number of fused-ring (bicyclic) bond motifs is 1. The van der Waals surface area contributed by atoms with Gasteiger partial charge in [-0.1, -0.05) is 0 Å². The number of halogens is 1. The van der Waals surface area contributed by atoms with Crippen LogP contribution < -0.4 is 4.74 Å². The van der Waals surface area contributed by atoms with Crippen molar-refractivity contribution in [1.82, 2.24) is 19.6 Å². The van der Waals surface area contributed by atoms with Crippen molar-refractivity contribution in [3.63, 3.8) is 0 Å². The summed E-state index contributed by atoms with van der Waals surface area (Å²) in [6, 6.07) is 4.32. The smallest absolute Gasteiger partial charge is 0.254 e. The highest BCUT2D eigenvalue weighted by Crippen LogP contribution is 2.29. The summed E-state index contributed by atoms with van der Waals surface area (Å²) in [5.74, 6) is 0.574. The van der Waals surface area contributed by atoms with Gasteiger partial charge in [-0.15, -0.1) is 5.10 Å². The first-order valence-corrected chi connectivity index (χ1v) is 5.28. The van der Waals surface area contributed by atoms with Gasteiger partial charge < -0.3 is 4.74 Å². The predicted octanol–water partition coefficient (Wildman–Crippen LogP) is 1.94. The Morgan fingerprint density at radius 2 is 2.22 bits per heavy atom. The van der Waals surface area contributed by atoms with Crippen molar-refractivity contribution in [3.05, 3.63) is 42.6 Å². The Bertz CT molecular complexity index is 677. The Hall–Kier alpha value is -2.50. The number of hydrogen-bond donors (Lipinski definition) is 0. The average Bonchev–Trinajstić information content (AvgIpc) is 2.82. The fourth-order valence-corrected chi connectivity index (χ4v) is 1.76. The Balaban J connectivity index is 2.19. The molecule has 5 nitrogen and oxygen atoms in total. The van der Waals surface area contributed by atoms with E-state index in [-0.39, 0.29) is 5.82 Å². The highest BCUT2D eigenvalue weighted by Gasteiger charge is 2.11. The maximum atomic E-state index is 13.1. The van der Waals surface area contributed by atoms with E-state index < -0.39 is 0 Å². The monoisotopic (exact) mass is 244 g/mol. The van der Waals surface area contributed by atoms with Gasteiger partial charge in [0.15, 0.2) is 0 Å². The quantitative estimate of drug-likeness (QED) is 0.691. The van der Waals surface area contributed by atoms with E-state index >= 15 is 0 Å². The molecule has 0 saturated carbocycles. The molecule has 0 spiro atoms. The summed E-state index contributed by atoms with van der Waals surface area (Å²) in [6.07, 6.45) is 5.11. The minimum absolute atomic E-state index is 0.348. The lowest BCUT2D eigenvalue weighted by Crippen LogP contribution is -1.89. The van der Waals surface area contributed by atoms with Crippen LogP contribution in [0, 0.1) is 5.82 Å². The first kappa shape index (κ1) is 10.6. The maximum Gasteiger partial charge on any atom is 0.254 e. The molecule has 0 saturated heterocycles. The SMILES string of the molecule is COc1cc(F)ccc1-c1cn2ccnnc2n1. The summed E-state index contributed by atoms with van der Waals surface area (Å²) in [6.45, 7) is 0. The van der Waals surface area contributed by atoms with E-state index in [2.05, 4.69) is 15.2 Å². The fourth-order valence-electron chi connectivity index (χ4n) is 1.76. The van der Waals surface area contributed by atoms with Crippen LogP contribution in [0.25, 0.3) is 17.0 Å². The molecule has 0 aliphatic heterocycles. The second-order valence-corrected chi connectivity index (χ2v) is 3.69. The topological polar surface area (TPSA) is 52.3 Å². The lowest BCUT2D eigenvalue weighted by molar-refractivity contribution is 0.413. The molecule has 0 unspecified atom stereocenters. The number of methoxy groups -OCH3 is 1. The molecule has 0 radical (unpaired) electrons. The molecule has 2 heterocycles. The van der Waals surface area contributed by atoms with Crippen LogP contribution in [0.3, 0.4) is 0 Å². The van der Waals surface area contributed by atoms with Crippen molar-refractivity contribution in [1.29, 1.82) is 0 Å². The van der Waals surface area contributed by atoms with Gasteiger partial charge in [0, 0.05) is 24.0 Å². The van der Waals surface area contributed by atoms with Crippen LogP contribution in [0.15, 0.2) is 36.8 Å². The molecular weight excluding hydrogens is 235 g/mol. The van der Waals surface area contributed by atoms with Gasteiger partial charge >= 0.3 is 0 Å². The third kappa shape index (κ3) is 1.67. The van der Waals surface area contributed by atoms with Gasteiger partial charge in [0.05, 0.1) is 19.0 Å². The number of ether oxygens (including phenoxy) is 1. The van der Waals surface area contributed by atoms with Crippen LogP contribution >= 0.6 is 0 Å². The Morgan fingerprint density at radius 3 is 3.00 bits per heavy atom. The summed E-state index contributed by atoms with van der Waals surface area (Å²) in [4.78, 5) is 4.31. The Labute approximate surface area is 102 Å². The van der Waals surface area contributed by atoms with Gasteiger partial charge in [0.2, 0.25) is 0 Å². The zero-order valence-corrected chi connectivity index (χ0v) is 9.54. The number of nitrogens with zero attached hydrogens (tertiary/aromatic N) is 4. The largest absolute Gasteiger partial charge is 0.496 e. The van der Waals surface area contributed by atoms with Crippen LogP contribution in [-0.2, 0) is 0 Å². The minimum atomic E-state index is -0.348. The number of rotatable bonds is 2. The van der Waals surface area contributed by atoms with Crippen molar-refractivity contribution >= 4 is 5.78 Å². The molecule has 0 aliphatic rings. The van der Waals surface area contributed by atoms with Gasteiger partial charge in [0.1, 0.15) is 11.6 Å². The molecule has 90 valence electrons. The van der Waals surface area contributed by atoms with Crippen molar-refractivity contribution in [2.45, 2.75) is 0 Å². The van der Waals surface area contributed by atoms with Crippen molar-refractivity contribution in [3.8, 4) is 17.0 Å². The van der Waals surface area contributed by atoms with Crippen LogP contribution in [0.1, 0.15) is 0 Å². The second kappa shape index (κ2) is 4.06. The zero-order chi connectivity index (χ0) is 12.5. The molecule has 3 rings (SSSR count). The lowest BCUT2D eigenvalue weighted by Gasteiger charge is -2.05. The van der Waals surface area contributed by atoms with Gasteiger partial charge in [0.25, 0.3) is 5.78 Å². The van der Waals surface area contributed by atoms with Crippen LogP contribution in [0.2, 0.25) is 0 Å². The van der Waals surface area contributed by atoms with Gasteiger partial charge in [-0.25, -0.2) is 9.37 Å². The van der Waals surface area contributed by atoms with Gasteiger partial charge in [-0.3, -0.25) is 4.40 Å². The van der Waals surface area contributed by atoms with E-state index in [1.165, 1.54) is 19.2 Å². The average molecular weight is 244 g/mol. The standard InChI is InChI=1S/C12H9FN4O/c1-18-11-6-8(13)2-3-9(11)10-7-17-5-4-14-16-12(17)15-10/h2-7H,1H3. The molecule has 0 bridgehead atoms. The molecule has 1 aromatic carbocycles. The van der Waals surface area contributed by atoms with Crippen LogP contribution in [0.4, 0.5) is 4.39 Å². The molecule has 6 heteroatoms. The number of aromatic nitrogens is 4. The van der Waals surface area contributed by atoms with Gasteiger partial charge in [-0.05, 0) is 12.1 Å².